The van der Waals surface area contributed by atoms with Crippen molar-refractivity contribution in [3.8, 4) is 0 Å². The summed E-state index contributed by atoms with van der Waals surface area (Å²) < 4.78 is 13.0. The maximum Gasteiger partial charge on any atom is 0.335 e. The van der Waals surface area contributed by atoms with Crippen molar-refractivity contribution in [1.29, 1.82) is 0 Å². The molecule has 2 amide bonds. The highest BCUT2D eigenvalue weighted by Gasteiger charge is 2.25. The van der Waals surface area contributed by atoms with Crippen LogP contribution in [0.2, 0.25) is 0 Å². The molecule has 1 saturated heterocycles. The minimum absolute atomic E-state index is 0.0565. The number of carboxylic acid groups (broad SMARTS) is 1. The molecule has 134 valence electrons. The molecule has 7 heteroatoms. The van der Waals surface area contributed by atoms with Gasteiger partial charge in [-0.15, -0.1) is 0 Å². The Labute approximate surface area is 149 Å². The highest BCUT2D eigenvalue weighted by atomic mass is 19.1. The van der Waals surface area contributed by atoms with Crippen molar-refractivity contribution in [2.75, 3.05) is 26.2 Å². The molecule has 1 aliphatic rings. The van der Waals surface area contributed by atoms with Crippen molar-refractivity contribution in [3.05, 3.63) is 71.0 Å². The van der Waals surface area contributed by atoms with E-state index in [1.807, 2.05) is 0 Å². The zero-order valence-electron chi connectivity index (χ0n) is 13.9. The van der Waals surface area contributed by atoms with Crippen molar-refractivity contribution < 1.29 is 23.9 Å². The lowest BCUT2D eigenvalue weighted by molar-refractivity contribution is 0.0535. The molecule has 0 radical (unpaired) electrons. The van der Waals surface area contributed by atoms with Crippen LogP contribution in [-0.2, 0) is 0 Å². The second-order valence-corrected chi connectivity index (χ2v) is 5.98. The Morgan fingerprint density at radius 1 is 0.769 bits per heavy atom. The summed E-state index contributed by atoms with van der Waals surface area (Å²) in [6, 6.07) is 11.2. The number of benzene rings is 2. The van der Waals surface area contributed by atoms with Crippen LogP contribution >= 0.6 is 0 Å². The number of piperazine rings is 1. The Balaban J connectivity index is 1.63. The summed E-state index contributed by atoms with van der Waals surface area (Å²) in [5, 5.41) is 9.03. The topological polar surface area (TPSA) is 77.9 Å². The number of aromatic carboxylic acids is 1. The molecule has 2 aromatic carbocycles. The van der Waals surface area contributed by atoms with Crippen LogP contribution < -0.4 is 0 Å². The minimum atomic E-state index is -1.09. The number of carboxylic acids is 1. The van der Waals surface area contributed by atoms with Crippen LogP contribution in [0, 0.1) is 5.82 Å². The summed E-state index contributed by atoms with van der Waals surface area (Å²) in [6.07, 6.45) is 0. The van der Waals surface area contributed by atoms with E-state index in [1.54, 1.807) is 15.9 Å². The number of amides is 2. The zero-order valence-corrected chi connectivity index (χ0v) is 13.9. The summed E-state index contributed by atoms with van der Waals surface area (Å²) in [5.74, 6) is -1.96. The SMILES string of the molecule is O=C(O)c1cccc(C(=O)N2CCN(C(=O)c3ccc(F)cc3)CC2)c1. The highest BCUT2D eigenvalue weighted by Crippen LogP contribution is 2.13. The molecule has 3 rings (SSSR count). The number of nitrogens with zero attached hydrogens (tertiary/aromatic N) is 2. The van der Waals surface area contributed by atoms with E-state index in [1.165, 1.54) is 42.5 Å². The molecule has 1 N–H and O–H groups in total. The van der Waals surface area contributed by atoms with Gasteiger partial charge in [-0.1, -0.05) is 6.07 Å². The Morgan fingerprint density at radius 2 is 1.27 bits per heavy atom. The molecule has 0 unspecified atom stereocenters. The predicted octanol–water partition coefficient (Wildman–Crippen LogP) is 2.12. The quantitative estimate of drug-likeness (QED) is 0.914. The number of hydrogen-bond acceptors (Lipinski definition) is 3. The Bertz CT molecular complexity index is 843. The molecule has 1 aliphatic heterocycles. The number of carbonyl (C=O) groups is 3. The van der Waals surface area contributed by atoms with Crippen LogP contribution in [0.5, 0.6) is 0 Å². The monoisotopic (exact) mass is 356 g/mol. The standard InChI is InChI=1S/C19H17FN2O4/c20-16-6-4-13(5-7-16)17(23)21-8-10-22(11-9-21)18(24)14-2-1-3-15(12-14)19(25)26/h1-7,12H,8-11H2,(H,25,26). The molecular formula is C19H17FN2O4. The molecular weight excluding hydrogens is 339 g/mol. The average Bonchev–Trinajstić information content (AvgIpc) is 2.67. The molecule has 0 bridgehead atoms. The van der Waals surface area contributed by atoms with E-state index in [0.717, 1.165) is 0 Å². The fraction of sp³-hybridized carbons (Fsp3) is 0.211. The van der Waals surface area contributed by atoms with Gasteiger partial charge in [0, 0.05) is 37.3 Å². The molecule has 26 heavy (non-hydrogen) atoms. The number of carbonyl (C=O) groups excluding carboxylic acids is 2. The van der Waals surface area contributed by atoms with Gasteiger partial charge in [-0.3, -0.25) is 9.59 Å². The summed E-state index contributed by atoms with van der Waals surface area (Å²) in [6.45, 7) is 1.42. The summed E-state index contributed by atoms with van der Waals surface area (Å²) in [4.78, 5) is 39.2. The number of hydrogen-bond donors (Lipinski definition) is 1. The predicted molar refractivity (Wildman–Crippen MR) is 91.6 cm³/mol. The molecule has 0 aromatic heterocycles. The van der Waals surface area contributed by atoms with E-state index >= 15 is 0 Å². The molecule has 1 heterocycles. The van der Waals surface area contributed by atoms with Crippen molar-refractivity contribution in [2.45, 2.75) is 0 Å². The number of halogens is 1. The van der Waals surface area contributed by atoms with Crippen LogP contribution in [-0.4, -0.2) is 58.9 Å². The molecule has 0 atom stereocenters. The lowest BCUT2D eigenvalue weighted by atomic mass is 10.1. The summed E-state index contributed by atoms with van der Waals surface area (Å²) >= 11 is 0. The van der Waals surface area contributed by atoms with Crippen LogP contribution in [0.4, 0.5) is 4.39 Å². The van der Waals surface area contributed by atoms with Gasteiger partial charge in [-0.05, 0) is 42.5 Å². The van der Waals surface area contributed by atoms with E-state index in [4.69, 9.17) is 5.11 Å². The molecule has 0 spiro atoms. The van der Waals surface area contributed by atoms with Crippen LogP contribution in [0.25, 0.3) is 0 Å². The highest BCUT2D eigenvalue weighted by molar-refractivity contribution is 5.98. The van der Waals surface area contributed by atoms with Gasteiger partial charge in [0.1, 0.15) is 5.82 Å². The van der Waals surface area contributed by atoms with Gasteiger partial charge in [-0.25, -0.2) is 9.18 Å². The smallest absolute Gasteiger partial charge is 0.335 e. The van der Waals surface area contributed by atoms with Crippen LogP contribution in [0.1, 0.15) is 31.1 Å². The lowest BCUT2D eigenvalue weighted by Gasteiger charge is -2.35. The van der Waals surface area contributed by atoms with Crippen LogP contribution in [0.15, 0.2) is 48.5 Å². The maximum atomic E-state index is 13.0. The molecule has 2 aromatic rings. The second kappa shape index (κ2) is 7.35. The van der Waals surface area contributed by atoms with Gasteiger partial charge >= 0.3 is 5.97 Å². The normalized spacial score (nSPS) is 14.2. The Kier molecular flexibility index (Phi) is 4.97. The van der Waals surface area contributed by atoms with Gasteiger partial charge in [0.2, 0.25) is 0 Å². The van der Waals surface area contributed by atoms with E-state index < -0.39 is 11.8 Å². The van der Waals surface area contributed by atoms with Crippen molar-refractivity contribution in [1.82, 2.24) is 9.80 Å². The van der Waals surface area contributed by atoms with Crippen molar-refractivity contribution >= 4 is 17.8 Å². The summed E-state index contributed by atoms with van der Waals surface area (Å²) in [7, 11) is 0. The average molecular weight is 356 g/mol. The second-order valence-electron chi connectivity index (χ2n) is 5.98. The Morgan fingerprint density at radius 3 is 1.81 bits per heavy atom. The van der Waals surface area contributed by atoms with E-state index in [-0.39, 0.29) is 17.4 Å². The fourth-order valence-corrected chi connectivity index (χ4v) is 2.86. The van der Waals surface area contributed by atoms with E-state index in [2.05, 4.69) is 0 Å². The van der Waals surface area contributed by atoms with Gasteiger partial charge in [0.05, 0.1) is 5.56 Å². The molecule has 0 aliphatic carbocycles. The number of rotatable bonds is 3. The first kappa shape index (κ1) is 17.6. The first-order valence-corrected chi connectivity index (χ1v) is 8.13. The van der Waals surface area contributed by atoms with Crippen LogP contribution in [0.3, 0.4) is 0 Å². The third kappa shape index (κ3) is 3.72. The maximum absolute atomic E-state index is 13.0. The van der Waals surface area contributed by atoms with Gasteiger partial charge in [0.15, 0.2) is 0 Å². The van der Waals surface area contributed by atoms with Gasteiger partial charge < -0.3 is 14.9 Å². The molecule has 6 nitrogen and oxygen atoms in total. The third-order valence-electron chi connectivity index (χ3n) is 4.30. The zero-order chi connectivity index (χ0) is 18.7. The van der Waals surface area contributed by atoms with Gasteiger partial charge in [-0.2, -0.15) is 0 Å². The fourth-order valence-electron chi connectivity index (χ4n) is 2.86. The van der Waals surface area contributed by atoms with E-state index in [9.17, 15) is 18.8 Å². The third-order valence-corrected chi connectivity index (χ3v) is 4.30. The Hall–Kier alpha value is -3.22. The molecule has 0 saturated carbocycles. The first-order chi connectivity index (χ1) is 12.5. The van der Waals surface area contributed by atoms with Gasteiger partial charge in [0.25, 0.3) is 11.8 Å². The van der Waals surface area contributed by atoms with E-state index in [0.29, 0.717) is 37.3 Å². The van der Waals surface area contributed by atoms with Crippen molar-refractivity contribution in [3.63, 3.8) is 0 Å². The minimum Gasteiger partial charge on any atom is -0.478 e. The lowest BCUT2D eigenvalue weighted by Crippen LogP contribution is -2.50. The summed E-state index contributed by atoms with van der Waals surface area (Å²) in [5.41, 5.74) is 0.768. The van der Waals surface area contributed by atoms with Crippen molar-refractivity contribution in [2.24, 2.45) is 0 Å². The first-order valence-electron chi connectivity index (χ1n) is 8.13. The molecule has 1 fully saturated rings. The largest absolute Gasteiger partial charge is 0.478 e.